The van der Waals surface area contributed by atoms with Crippen LogP contribution in [0.2, 0.25) is 0 Å². The summed E-state index contributed by atoms with van der Waals surface area (Å²) in [7, 11) is 0. The highest BCUT2D eigenvalue weighted by molar-refractivity contribution is 14.0. The van der Waals surface area contributed by atoms with Crippen LogP contribution in [0.5, 0.6) is 0 Å². The Morgan fingerprint density at radius 3 is 2.52 bits per heavy atom. The average molecular weight is 521 g/mol. The molecule has 29 heavy (non-hydrogen) atoms. The monoisotopic (exact) mass is 521 g/mol. The van der Waals surface area contributed by atoms with Gasteiger partial charge in [-0.05, 0) is 57.1 Å². The summed E-state index contributed by atoms with van der Waals surface area (Å²) in [6.45, 7) is 9.80. The number of hydrogen-bond donors (Lipinski definition) is 2. The van der Waals surface area contributed by atoms with E-state index < -0.39 is 0 Å². The van der Waals surface area contributed by atoms with E-state index >= 15 is 0 Å². The van der Waals surface area contributed by atoms with Crippen molar-refractivity contribution < 1.29 is 13.9 Å². The van der Waals surface area contributed by atoms with E-state index in [2.05, 4.69) is 17.6 Å². The second-order valence-corrected chi connectivity index (χ2v) is 7.55. The van der Waals surface area contributed by atoms with E-state index in [0.29, 0.717) is 5.41 Å². The molecule has 7 heteroatoms. The molecule has 0 amide bonds. The highest BCUT2D eigenvalue weighted by Gasteiger charge is 2.33. The molecular weight excluding hydrogens is 481 g/mol. The molecule has 0 unspecified atom stereocenters. The molecule has 0 radical (unpaired) electrons. The summed E-state index contributed by atoms with van der Waals surface area (Å²) in [5, 5.41) is 6.93. The van der Waals surface area contributed by atoms with Gasteiger partial charge in [0.25, 0.3) is 0 Å². The number of nitrogens with one attached hydrogen (secondary N) is 2. The van der Waals surface area contributed by atoms with E-state index in [0.717, 1.165) is 77.0 Å². The molecule has 1 aliphatic rings. The van der Waals surface area contributed by atoms with Crippen molar-refractivity contribution in [1.29, 1.82) is 0 Å². The number of guanidine groups is 1. The SMILES string of the molecule is CCOCCCNC(=NCC1(CCOCC)CCCC1)NCCc1ccco1.I. The van der Waals surface area contributed by atoms with Crippen LogP contribution < -0.4 is 10.6 Å². The van der Waals surface area contributed by atoms with Gasteiger partial charge in [0.1, 0.15) is 5.76 Å². The standard InChI is InChI=1S/C22H39N3O3.HI/c1-3-26-16-8-14-23-21(24-15-10-20-9-7-17-28-20)25-19-22(11-5-6-12-22)13-18-27-4-2;/h7,9,17H,3-6,8,10-16,18-19H2,1-2H3,(H2,23,24,25);1H. The van der Waals surface area contributed by atoms with E-state index in [9.17, 15) is 0 Å². The van der Waals surface area contributed by atoms with Gasteiger partial charge >= 0.3 is 0 Å². The fourth-order valence-corrected chi connectivity index (χ4v) is 3.75. The minimum Gasteiger partial charge on any atom is -0.469 e. The third-order valence-corrected chi connectivity index (χ3v) is 5.42. The lowest BCUT2D eigenvalue weighted by molar-refractivity contribution is 0.107. The summed E-state index contributed by atoms with van der Waals surface area (Å²) < 4.78 is 16.5. The third-order valence-electron chi connectivity index (χ3n) is 5.42. The van der Waals surface area contributed by atoms with E-state index in [4.69, 9.17) is 18.9 Å². The van der Waals surface area contributed by atoms with Crippen molar-refractivity contribution in [3.05, 3.63) is 24.2 Å². The van der Waals surface area contributed by atoms with Gasteiger partial charge in [-0.2, -0.15) is 0 Å². The first-order valence-electron chi connectivity index (χ1n) is 11.0. The zero-order valence-corrected chi connectivity index (χ0v) is 20.5. The first-order valence-corrected chi connectivity index (χ1v) is 11.0. The van der Waals surface area contributed by atoms with Crippen LogP contribution in [0.25, 0.3) is 0 Å². The smallest absolute Gasteiger partial charge is 0.191 e. The van der Waals surface area contributed by atoms with Gasteiger partial charge in [-0.3, -0.25) is 4.99 Å². The number of nitrogens with zero attached hydrogens (tertiary/aromatic N) is 1. The van der Waals surface area contributed by atoms with Crippen molar-refractivity contribution in [3.63, 3.8) is 0 Å². The molecule has 0 spiro atoms. The van der Waals surface area contributed by atoms with Crippen molar-refractivity contribution in [3.8, 4) is 0 Å². The highest BCUT2D eigenvalue weighted by atomic mass is 127. The fraction of sp³-hybridized carbons (Fsp3) is 0.773. The second kappa shape index (κ2) is 16.0. The summed E-state index contributed by atoms with van der Waals surface area (Å²) >= 11 is 0. The van der Waals surface area contributed by atoms with Crippen LogP contribution in [-0.4, -0.2) is 52.0 Å². The number of furan rings is 1. The summed E-state index contributed by atoms with van der Waals surface area (Å²) in [5.74, 6) is 1.89. The van der Waals surface area contributed by atoms with Gasteiger partial charge in [0.05, 0.1) is 6.26 Å². The molecule has 2 rings (SSSR count). The molecule has 2 N–H and O–H groups in total. The van der Waals surface area contributed by atoms with E-state index in [-0.39, 0.29) is 24.0 Å². The molecule has 0 bridgehead atoms. The molecule has 0 aliphatic heterocycles. The topological polar surface area (TPSA) is 68.0 Å². The van der Waals surface area contributed by atoms with Gasteiger partial charge in [-0.15, -0.1) is 24.0 Å². The normalized spacial score (nSPS) is 15.9. The van der Waals surface area contributed by atoms with Gasteiger partial charge < -0.3 is 24.5 Å². The van der Waals surface area contributed by atoms with Crippen LogP contribution in [0.3, 0.4) is 0 Å². The molecule has 1 aliphatic carbocycles. The third kappa shape index (κ3) is 10.7. The average Bonchev–Trinajstić information content (AvgIpc) is 3.38. The van der Waals surface area contributed by atoms with Crippen LogP contribution in [0, 0.1) is 5.41 Å². The van der Waals surface area contributed by atoms with Gasteiger partial charge in [0.15, 0.2) is 5.96 Å². The van der Waals surface area contributed by atoms with Crippen LogP contribution in [0.1, 0.15) is 58.1 Å². The number of hydrogen-bond acceptors (Lipinski definition) is 4. The Morgan fingerprint density at radius 2 is 1.83 bits per heavy atom. The van der Waals surface area contributed by atoms with Gasteiger partial charge in [0.2, 0.25) is 0 Å². The van der Waals surface area contributed by atoms with Crippen LogP contribution in [-0.2, 0) is 15.9 Å². The molecule has 0 saturated heterocycles. The van der Waals surface area contributed by atoms with Crippen LogP contribution in [0.15, 0.2) is 27.8 Å². The molecule has 0 atom stereocenters. The number of ether oxygens (including phenoxy) is 2. The Labute approximate surface area is 193 Å². The predicted molar refractivity (Wildman–Crippen MR) is 129 cm³/mol. The molecule has 1 heterocycles. The van der Waals surface area contributed by atoms with Crippen molar-refractivity contribution in [2.24, 2.45) is 10.4 Å². The fourth-order valence-electron chi connectivity index (χ4n) is 3.75. The van der Waals surface area contributed by atoms with E-state index in [1.54, 1.807) is 6.26 Å². The van der Waals surface area contributed by atoms with E-state index in [1.165, 1.54) is 25.7 Å². The lowest BCUT2D eigenvalue weighted by Gasteiger charge is -2.27. The van der Waals surface area contributed by atoms with E-state index in [1.807, 2.05) is 19.1 Å². The molecule has 1 aromatic heterocycles. The zero-order valence-electron chi connectivity index (χ0n) is 18.2. The largest absolute Gasteiger partial charge is 0.469 e. The summed E-state index contributed by atoms with van der Waals surface area (Å²) in [4.78, 5) is 4.96. The number of rotatable bonds is 14. The lowest BCUT2D eigenvalue weighted by atomic mass is 9.83. The number of halogens is 1. The minimum atomic E-state index is 0. The van der Waals surface area contributed by atoms with Crippen LogP contribution >= 0.6 is 24.0 Å². The van der Waals surface area contributed by atoms with Crippen molar-refractivity contribution in [1.82, 2.24) is 10.6 Å². The first-order chi connectivity index (χ1) is 13.8. The van der Waals surface area contributed by atoms with Gasteiger partial charge in [0, 0.05) is 52.5 Å². The Kier molecular flexibility index (Phi) is 14.4. The summed E-state index contributed by atoms with van der Waals surface area (Å²) in [6.07, 6.45) is 9.79. The Balaban J connectivity index is 0.00000420. The molecule has 1 aromatic rings. The Bertz CT molecular complexity index is 531. The Hall–Kier alpha value is -0.800. The first kappa shape index (κ1) is 26.2. The maximum Gasteiger partial charge on any atom is 0.191 e. The number of aliphatic imine (C=N–C) groups is 1. The second-order valence-electron chi connectivity index (χ2n) is 7.55. The maximum absolute atomic E-state index is 5.63. The van der Waals surface area contributed by atoms with Crippen molar-refractivity contribution >= 4 is 29.9 Å². The zero-order chi connectivity index (χ0) is 19.9. The minimum absolute atomic E-state index is 0. The summed E-state index contributed by atoms with van der Waals surface area (Å²) in [5.41, 5.74) is 0.302. The van der Waals surface area contributed by atoms with Crippen LogP contribution in [0.4, 0.5) is 0 Å². The lowest BCUT2D eigenvalue weighted by Crippen LogP contribution is -2.40. The maximum atomic E-state index is 5.63. The molecule has 6 nitrogen and oxygen atoms in total. The highest BCUT2D eigenvalue weighted by Crippen LogP contribution is 2.41. The summed E-state index contributed by atoms with van der Waals surface area (Å²) in [6, 6.07) is 3.94. The molecule has 1 saturated carbocycles. The van der Waals surface area contributed by atoms with Gasteiger partial charge in [-0.25, -0.2) is 0 Å². The molecule has 1 fully saturated rings. The van der Waals surface area contributed by atoms with Crippen molar-refractivity contribution in [2.45, 2.75) is 58.8 Å². The molecular formula is C22H40IN3O3. The van der Waals surface area contributed by atoms with Gasteiger partial charge in [-0.1, -0.05) is 12.8 Å². The molecule has 0 aromatic carbocycles. The Morgan fingerprint density at radius 1 is 1.10 bits per heavy atom. The quantitative estimate of drug-likeness (QED) is 0.165. The van der Waals surface area contributed by atoms with Crippen molar-refractivity contribution in [2.75, 3.05) is 46.1 Å². The predicted octanol–water partition coefficient (Wildman–Crippen LogP) is 4.39. The molecule has 168 valence electrons.